The van der Waals surface area contributed by atoms with Gasteiger partial charge in [0.2, 0.25) is 0 Å². The lowest BCUT2D eigenvalue weighted by molar-refractivity contribution is 0.164. The summed E-state index contributed by atoms with van der Waals surface area (Å²) in [6, 6.07) is 2.18. The van der Waals surface area contributed by atoms with Gasteiger partial charge in [-0.15, -0.1) is 0 Å². The summed E-state index contributed by atoms with van der Waals surface area (Å²) in [4.78, 5) is 7.03. The van der Waals surface area contributed by atoms with Crippen molar-refractivity contribution in [3.8, 4) is 0 Å². The molecule has 0 bridgehead atoms. The van der Waals surface area contributed by atoms with Crippen molar-refractivity contribution in [2.75, 3.05) is 13.1 Å². The van der Waals surface area contributed by atoms with Crippen LogP contribution in [0.3, 0.4) is 0 Å². The van der Waals surface area contributed by atoms with Gasteiger partial charge in [0.1, 0.15) is 17.3 Å². The molecule has 0 aliphatic carbocycles. The molecular formula is C17H25N3O. The largest absolute Gasteiger partial charge is 0.466 e. The fraction of sp³-hybridized carbons (Fsp3) is 0.588. The van der Waals surface area contributed by atoms with Crippen LogP contribution in [0, 0.1) is 19.8 Å². The van der Waals surface area contributed by atoms with Crippen LogP contribution in [0.5, 0.6) is 0 Å². The van der Waals surface area contributed by atoms with Gasteiger partial charge >= 0.3 is 0 Å². The number of aryl methyl sites for hydroxylation is 3. The normalized spacial score (nSPS) is 20.0. The first-order valence-electron chi connectivity index (χ1n) is 7.86. The van der Waals surface area contributed by atoms with Crippen molar-refractivity contribution in [3.63, 3.8) is 0 Å². The standard InChI is InChI=1S/C17H25N3O/c1-13-9-16(14(2)21-13)12-20-7-4-5-15(11-20)10-17-18-6-8-19(17)3/h6,8-9,15H,4-5,7,10-12H2,1-3H3/t15-/m0/s1. The van der Waals surface area contributed by atoms with E-state index >= 15 is 0 Å². The number of furan rings is 1. The van der Waals surface area contributed by atoms with Crippen molar-refractivity contribution < 1.29 is 4.42 Å². The number of imidazole rings is 1. The van der Waals surface area contributed by atoms with E-state index in [2.05, 4.69) is 34.5 Å². The van der Waals surface area contributed by atoms with Crippen LogP contribution in [0.15, 0.2) is 22.9 Å². The van der Waals surface area contributed by atoms with E-state index in [0.29, 0.717) is 5.92 Å². The van der Waals surface area contributed by atoms with Crippen LogP contribution in [-0.4, -0.2) is 27.5 Å². The molecule has 3 rings (SSSR count). The Morgan fingerprint density at radius 3 is 2.90 bits per heavy atom. The van der Waals surface area contributed by atoms with Crippen LogP contribution >= 0.6 is 0 Å². The summed E-state index contributed by atoms with van der Waals surface area (Å²) in [6.45, 7) is 7.46. The van der Waals surface area contributed by atoms with E-state index in [1.807, 2.05) is 19.3 Å². The highest BCUT2D eigenvalue weighted by molar-refractivity contribution is 5.20. The molecule has 21 heavy (non-hydrogen) atoms. The van der Waals surface area contributed by atoms with Crippen LogP contribution in [0.4, 0.5) is 0 Å². The summed E-state index contributed by atoms with van der Waals surface area (Å²) in [6.07, 6.45) is 7.61. The maximum Gasteiger partial charge on any atom is 0.108 e. The van der Waals surface area contributed by atoms with Crippen molar-refractivity contribution in [3.05, 3.63) is 41.4 Å². The van der Waals surface area contributed by atoms with E-state index in [1.165, 1.54) is 30.8 Å². The Bertz CT molecular complexity index is 599. The van der Waals surface area contributed by atoms with Crippen LogP contribution < -0.4 is 0 Å². The molecule has 0 unspecified atom stereocenters. The Labute approximate surface area is 126 Å². The van der Waals surface area contributed by atoms with Gasteiger partial charge in [-0.25, -0.2) is 4.98 Å². The number of hydrogen-bond donors (Lipinski definition) is 0. The fourth-order valence-corrected chi connectivity index (χ4v) is 3.39. The van der Waals surface area contributed by atoms with Gasteiger partial charge in [0.15, 0.2) is 0 Å². The zero-order chi connectivity index (χ0) is 14.8. The summed E-state index contributed by atoms with van der Waals surface area (Å²) in [5.74, 6) is 4.01. The molecule has 4 heteroatoms. The van der Waals surface area contributed by atoms with Crippen molar-refractivity contribution in [1.29, 1.82) is 0 Å². The van der Waals surface area contributed by atoms with Gasteiger partial charge in [0.25, 0.3) is 0 Å². The number of likely N-dealkylation sites (tertiary alicyclic amines) is 1. The second kappa shape index (κ2) is 6.06. The van der Waals surface area contributed by atoms with Crippen LogP contribution in [0.2, 0.25) is 0 Å². The summed E-state index contributed by atoms with van der Waals surface area (Å²) in [5.41, 5.74) is 1.34. The molecule has 0 spiro atoms. The Kier molecular flexibility index (Phi) is 4.15. The van der Waals surface area contributed by atoms with E-state index in [0.717, 1.165) is 31.0 Å². The second-order valence-corrected chi connectivity index (χ2v) is 6.34. The molecule has 3 heterocycles. The highest BCUT2D eigenvalue weighted by Gasteiger charge is 2.22. The lowest BCUT2D eigenvalue weighted by Gasteiger charge is -2.32. The lowest BCUT2D eigenvalue weighted by Crippen LogP contribution is -2.36. The molecule has 0 N–H and O–H groups in total. The molecule has 4 nitrogen and oxygen atoms in total. The highest BCUT2D eigenvalue weighted by atomic mass is 16.3. The van der Waals surface area contributed by atoms with Gasteiger partial charge < -0.3 is 8.98 Å². The van der Waals surface area contributed by atoms with Gasteiger partial charge in [-0.1, -0.05) is 0 Å². The maximum atomic E-state index is 5.64. The monoisotopic (exact) mass is 287 g/mol. The molecule has 0 aromatic carbocycles. The number of aromatic nitrogens is 2. The second-order valence-electron chi connectivity index (χ2n) is 6.34. The van der Waals surface area contributed by atoms with Gasteiger partial charge in [-0.05, 0) is 45.2 Å². The molecule has 2 aromatic heterocycles. The van der Waals surface area contributed by atoms with Crippen molar-refractivity contribution >= 4 is 0 Å². The molecule has 0 radical (unpaired) electrons. The minimum Gasteiger partial charge on any atom is -0.466 e. The van der Waals surface area contributed by atoms with E-state index in [1.54, 1.807) is 0 Å². The minimum absolute atomic E-state index is 0.716. The zero-order valence-corrected chi connectivity index (χ0v) is 13.3. The Balaban J connectivity index is 1.60. The molecule has 1 aliphatic rings. The van der Waals surface area contributed by atoms with Gasteiger partial charge in [0.05, 0.1) is 0 Å². The minimum atomic E-state index is 0.716. The molecule has 114 valence electrons. The number of rotatable bonds is 4. The molecule has 1 atom stereocenters. The van der Waals surface area contributed by atoms with Crippen molar-refractivity contribution in [2.45, 2.75) is 39.7 Å². The molecule has 0 amide bonds. The molecule has 2 aromatic rings. The highest BCUT2D eigenvalue weighted by Crippen LogP contribution is 2.23. The van der Waals surface area contributed by atoms with Crippen molar-refractivity contribution in [1.82, 2.24) is 14.5 Å². The first kappa shape index (κ1) is 14.4. The predicted octanol–water partition coefficient (Wildman–Crippen LogP) is 3.08. The first-order valence-corrected chi connectivity index (χ1v) is 7.86. The van der Waals surface area contributed by atoms with Crippen LogP contribution in [-0.2, 0) is 20.0 Å². The summed E-state index contributed by atoms with van der Waals surface area (Å²) in [7, 11) is 2.08. The summed E-state index contributed by atoms with van der Waals surface area (Å²) < 4.78 is 7.79. The molecular weight excluding hydrogens is 262 g/mol. The average molecular weight is 287 g/mol. The maximum absolute atomic E-state index is 5.64. The van der Waals surface area contributed by atoms with Crippen molar-refractivity contribution in [2.24, 2.45) is 13.0 Å². The SMILES string of the molecule is Cc1cc(CN2CCC[C@@H](Cc3nccn3C)C2)c(C)o1. The topological polar surface area (TPSA) is 34.2 Å². The third-order valence-corrected chi connectivity index (χ3v) is 4.53. The Hall–Kier alpha value is -1.55. The smallest absolute Gasteiger partial charge is 0.108 e. The van der Waals surface area contributed by atoms with E-state index in [4.69, 9.17) is 4.42 Å². The number of nitrogens with zero attached hydrogens (tertiary/aromatic N) is 3. The lowest BCUT2D eigenvalue weighted by atomic mass is 9.94. The Morgan fingerprint density at radius 1 is 1.38 bits per heavy atom. The third kappa shape index (κ3) is 3.38. The van der Waals surface area contributed by atoms with Crippen LogP contribution in [0.1, 0.15) is 35.7 Å². The van der Waals surface area contributed by atoms with Gasteiger partial charge in [-0.2, -0.15) is 0 Å². The van der Waals surface area contributed by atoms with E-state index < -0.39 is 0 Å². The molecule has 1 fully saturated rings. The summed E-state index contributed by atoms with van der Waals surface area (Å²) in [5, 5.41) is 0. The van der Waals surface area contributed by atoms with Gasteiger partial charge in [-0.3, -0.25) is 4.90 Å². The molecule has 1 saturated heterocycles. The van der Waals surface area contributed by atoms with E-state index in [9.17, 15) is 0 Å². The fourth-order valence-electron chi connectivity index (χ4n) is 3.39. The van der Waals surface area contributed by atoms with Gasteiger partial charge in [0, 0.05) is 44.5 Å². The summed E-state index contributed by atoms with van der Waals surface area (Å²) >= 11 is 0. The number of piperidine rings is 1. The van der Waals surface area contributed by atoms with Crippen LogP contribution in [0.25, 0.3) is 0 Å². The third-order valence-electron chi connectivity index (χ3n) is 4.53. The molecule has 0 saturated carbocycles. The average Bonchev–Trinajstić information content (AvgIpc) is 2.97. The first-order chi connectivity index (χ1) is 10.1. The quantitative estimate of drug-likeness (QED) is 0.866. The van der Waals surface area contributed by atoms with E-state index in [-0.39, 0.29) is 0 Å². The predicted molar refractivity (Wildman–Crippen MR) is 83.1 cm³/mol. The number of hydrogen-bond acceptors (Lipinski definition) is 3. The Morgan fingerprint density at radius 2 is 2.24 bits per heavy atom. The zero-order valence-electron chi connectivity index (χ0n) is 13.3. The molecule has 1 aliphatic heterocycles.